The molecule has 4 aliphatic carbocycles. The molecule has 0 aliphatic heterocycles. The van der Waals surface area contributed by atoms with E-state index >= 15 is 0 Å². The zero-order valence-electron chi connectivity index (χ0n) is 28.3. The second kappa shape index (κ2) is 15.5. The van der Waals surface area contributed by atoms with Crippen LogP contribution in [0, 0.1) is 46.3 Å². The molecule has 0 spiro atoms. The number of hydrogen-bond donors (Lipinski definition) is 4. The Morgan fingerprint density at radius 3 is 2.21 bits per heavy atom. The average Bonchev–Trinajstić information content (AvgIpc) is 3.32. The quantitative estimate of drug-likeness (QED) is 0.168. The third-order valence-electron chi connectivity index (χ3n) is 13.1. The van der Waals surface area contributed by atoms with Crippen LogP contribution in [0.25, 0.3) is 0 Å². The van der Waals surface area contributed by atoms with E-state index in [1.165, 1.54) is 64.2 Å². The maximum atomic E-state index is 12.4. The number of amides is 1. The molecule has 4 unspecified atom stereocenters. The second-order valence-electron chi connectivity index (χ2n) is 16.0. The van der Waals surface area contributed by atoms with Gasteiger partial charge in [-0.3, -0.25) is 4.79 Å². The number of nitrogens with one attached hydrogen (secondary N) is 2. The van der Waals surface area contributed by atoms with Gasteiger partial charge in [-0.15, -0.1) is 0 Å². The maximum absolute atomic E-state index is 12.4. The van der Waals surface area contributed by atoms with Gasteiger partial charge in [0.1, 0.15) is 0 Å². The summed E-state index contributed by atoms with van der Waals surface area (Å²) in [6.07, 6.45) is 17.9. The van der Waals surface area contributed by atoms with Crippen LogP contribution < -0.4 is 22.1 Å². The van der Waals surface area contributed by atoms with Crippen molar-refractivity contribution in [3.63, 3.8) is 0 Å². The first kappa shape index (κ1) is 34.2. The third-order valence-corrected chi connectivity index (χ3v) is 13.1. The van der Waals surface area contributed by atoms with Crippen molar-refractivity contribution in [3.05, 3.63) is 0 Å². The van der Waals surface area contributed by atoms with Crippen molar-refractivity contribution in [2.45, 2.75) is 137 Å². The SMILES string of the molecule is CC(C)NC(=O)CC[C@@H](C)[C@H]1CCC2C3CCC4C[C@@H](NCCCN(CCCN)CCCN)CC[C@]4(C)C3CC[C@@]21C. The number of fused-ring (bicyclic) bond motifs is 5. The van der Waals surface area contributed by atoms with Crippen LogP contribution >= 0.6 is 0 Å². The molecule has 4 aliphatic rings. The molecule has 244 valence electrons. The van der Waals surface area contributed by atoms with Crippen molar-refractivity contribution in [3.8, 4) is 0 Å². The van der Waals surface area contributed by atoms with Crippen molar-refractivity contribution in [1.82, 2.24) is 15.5 Å². The zero-order valence-corrected chi connectivity index (χ0v) is 28.3. The fourth-order valence-corrected chi connectivity index (χ4v) is 10.9. The fourth-order valence-electron chi connectivity index (χ4n) is 10.9. The first-order valence-electron chi connectivity index (χ1n) is 18.3. The lowest BCUT2D eigenvalue weighted by Gasteiger charge is -2.61. The van der Waals surface area contributed by atoms with E-state index in [4.69, 9.17) is 11.5 Å². The summed E-state index contributed by atoms with van der Waals surface area (Å²) >= 11 is 0. The lowest BCUT2D eigenvalue weighted by molar-refractivity contribution is -0.123. The molecule has 6 heteroatoms. The van der Waals surface area contributed by atoms with Crippen molar-refractivity contribution >= 4 is 5.91 Å². The maximum Gasteiger partial charge on any atom is 0.220 e. The van der Waals surface area contributed by atoms with Gasteiger partial charge in [0, 0.05) is 18.5 Å². The first-order valence-corrected chi connectivity index (χ1v) is 18.3. The molecule has 6 nitrogen and oxygen atoms in total. The standard InChI is InChI=1S/C36H69N5O/c1-26(2)40-34(42)14-9-27(3)31-12-13-32-30-11-10-28-25-29(15-17-35(28,4)33(30)16-18-36(31,32)5)39-21-8-24-41(22-6-19-37)23-7-20-38/h26-33,39H,6-25,37-38H2,1-5H3,(H,40,42)/t27-,28?,29+,30?,31-,32?,33?,35+,36-/m1/s1. The second-order valence-corrected chi connectivity index (χ2v) is 16.0. The number of nitrogens with zero attached hydrogens (tertiary/aromatic N) is 1. The third kappa shape index (κ3) is 7.93. The Morgan fingerprint density at radius 1 is 0.857 bits per heavy atom. The average molecular weight is 588 g/mol. The molecule has 0 aromatic heterocycles. The Morgan fingerprint density at radius 2 is 1.52 bits per heavy atom. The van der Waals surface area contributed by atoms with Gasteiger partial charge in [-0.25, -0.2) is 0 Å². The number of carbonyl (C=O) groups excluding carboxylic acids is 1. The van der Waals surface area contributed by atoms with E-state index in [2.05, 4.69) is 50.2 Å². The van der Waals surface area contributed by atoms with Crippen LogP contribution in [0.15, 0.2) is 0 Å². The summed E-state index contributed by atoms with van der Waals surface area (Å²) in [5.41, 5.74) is 12.6. The smallest absolute Gasteiger partial charge is 0.220 e. The molecule has 1 amide bonds. The van der Waals surface area contributed by atoms with Crippen molar-refractivity contribution < 1.29 is 4.79 Å². The van der Waals surface area contributed by atoms with Crippen molar-refractivity contribution in [2.24, 2.45) is 57.8 Å². The molecular weight excluding hydrogens is 518 g/mol. The van der Waals surface area contributed by atoms with Crippen LogP contribution in [0.1, 0.15) is 125 Å². The molecular formula is C36H69N5O. The predicted molar refractivity (Wildman–Crippen MR) is 177 cm³/mol. The van der Waals surface area contributed by atoms with Crippen LogP contribution in [0.5, 0.6) is 0 Å². The molecule has 0 saturated heterocycles. The summed E-state index contributed by atoms with van der Waals surface area (Å²) in [6, 6.07) is 0.951. The van der Waals surface area contributed by atoms with Gasteiger partial charge in [-0.1, -0.05) is 20.8 Å². The Hall–Kier alpha value is -0.690. The zero-order chi connectivity index (χ0) is 30.3. The molecule has 6 N–H and O–H groups in total. The first-order chi connectivity index (χ1) is 20.1. The van der Waals surface area contributed by atoms with Crippen molar-refractivity contribution in [1.29, 1.82) is 0 Å². The highest BCUT2D eigenvalue weighted by molar-refractivity contribution is 5.76. The van der Waals surface area contributed by atoms with E-state index in [9.17, 15) is 4.79 Å². The normalized spacial score (nSPS) is 36.9. The van der Waals surface area contributed by atoms with Crippen LogP contribution in [-0.2, 0) is 4.79 Å². The fraction of sp³-hybridized carbons (Fsp3) is 0.972. The van der Waals surface area contributed by atoms with Crippen LogP contribution in [0.3, 0.4) is 0 Å². The molecule has 0 heterocycles. The largest absolute Gasteiger partial charge is 0.354 e. The van der Waals surface area contributed by atoms with E-state index in [0.29, 0.717) is 29.2 Å². The summed E-state index contributed by atoms with van der Waals surface area (Å²) in [4.78, 5) is 14.9. The van der Waals surface area contributed by atoms with Gasteiger partial charge >= 0.3 is 0 Å². The molecule has 42 heavy (non-hydrogen) atoms. The predicted octanol–water partition coefficient (Wildman–Crippen LogP) is 5.93. The molecule has 4 fully saturated rings. The van der Waals surface area contributed by atoms with Gasteiger partial charge in [0.2, 0.25) is 5.91 Å². The van der Waals surface area contributed by atoms with Gasteiger partial charge in [-0.05, 0) is 183 Å². The Balaban J connectivity index is 1.26. The topological polar surface area (TPSA) is 96.4 Å². The molecule has 4 rings (SSSR count). The minimum absolute atomic E-state index is 0.239. The summed E-state index contributed by atoms with van der Waals surface area (Å²) in [5, 5.41) is 7.10. The Bertz CT molecular complexity index is 828. The van der Waals surface area contributed by atoms with E-state index in [1.807, 2.05) is 0 Å². The summed E-state index contributed by atoms with van der Waals surface area (Å²) in [7, 11) is 0. The molecule has 9 atom stereocenters. The van der Waals surface area contributed by atoms with Crippen LogP contribution in [-0.4, -0.2) is 62.2 Å². The van der Waals surface area contributed by atoms with E-state index in [1.54, 1.807) is 0 Å². The minimum atomic E-state index is 0.239. The number of rotatable bonds is 16. The Kier molecular flexibility index (Phi) is 12.7. The number of hydrogen-bond acceptors (Lipinski definition) is 5. The van der Waals surface area contributed by atoms with Crippen molar-refractivity contribution in [2.75, 3.05) is 39.3 Å². The van der Waals surface area contributed by atoms with Crippen LogP contribution in [0.4, 0.5) is 0 Å². The minimum Gasteiger partial charge on any atom is -0.354 e. The number of carbonyl (C=O) groups is 1. The number of nitrogens with two attached hydrogens (primary N) is 2. The summed E-state index contributed by atoms with van der Waals surface area (Å²) in [6.45, 7) is 18.0. The molecule has 0 aromatic rings. The molecule has 0 radical (unpaired) electrons. The van der Waals surface area contributed by atoms with Gasteiger partial charge in [-0.2, -0.15) is 0 Å². The lowest BCUT2D eigenvalue weighted by atomic mass is 9.44. The van der Waals surface area contributed by atoms with Crippen LogP contribution in [0.2, 0.25) is 0 Å². The highest BCUT2D eigenvalue weighted by Crippen LogP contribution is 2.68. The monoisotopic (exact) mass is 588 g/mol. The lowest BCUT2D eigenvalue weighted by Crippen LogP contribution is -2.55. The van der Waals surface area contributed by atoms with Gasteiger partial charge < -0.3 is 27.0 Å². The molecule has 0 aromatic carbocycles. The highest BCUT2D eigenvalue weighted by Gasteiger charge is 2.60. The summed E-state index contributed by atoms with van der Waals surface area (Å²) in [5.74, 6) is 5.35. The van der Waals surface area contributed by atoms with Gasteiger partial charge in [0.15, 0.2) is 0 Å². The Labute approximate surface area is 259 Å². The van der Waals surface area contributed by atoms with E-state index in [-0.39, 0.29) is 11.9 Å². The van der Waals surface area contributed by atoms with Gasteiger partial charge in [0.05, 0.1) is 0 Å². The highest BCUT2D eigenvalue weighted by atomic mass is 16.1. The van der Waals surface area contributed by atoms with Gasteiger partial charge in [0.25, 0.3) is 0 Å². The van der Waals surface area contributed by atoms with E-state index < -0.39 is 0 Å². The summed E-state index contributed by atoms with van der Waals surface area (Å²) < 4.78 is 0. The molecule has 4 saturated carbocycles. The molecule has 0 bridgehead atoms. The van der Waals surface area contributed by atoms with E-state index in [0.717, 1.165) is 88.1 Å².